The van der Waals surface area contributed by atoms with Gasteiger partial charge in [-0.05, 0) is 37.1 Å². The molecular formula is C24H24F2N4O3. The zero-order valence-electron chi connectivity index (χ0n) is 17.9. The van der Waals surface area contributed by atoms with Crippen LogP contribution in [0.15, 0.2) is 47.3 Å². The number of para-hydroxylation sites is 2. The van der Waals surface area contributed by atoms with E-state index in [9.17, 15) is 23.2 Å². The summed E-state index contributed by atoms with van der Waals surface area (Å²) in [4.78, 5) is 42.4. The minimum Gasteiger partial charge on any atom is -0.353 e. The van der Waals surface area contributed by atoms with Gasteiger partial charge in [-0.1, -0.05) is 25.0 Å². The molecule has 9 heteroatoms. The van der Waals surface area contributed by atoms with Crippen molar-refractivity contribution in [3.8, 4) is 0 Å². The van der Waals surface area contributed by atoms with Gasteiger partial charge in [-0.25, -0.2) is 13.8 Å². The van der Waals surface area contributed by atoms with Gasteiger partial charge in [0.1, 0.15) is 23.9 Å². The Kier molecular flexibility index (Phi) is 6.76. The highest BCUT2D eigenvalue weighted by molar-refractivity contribution is 5.91. The maximum atomic E-state index is 13.9. The smallest absolute Gasteiger partial charge is 0.273 e. The number of nitrogens with zero attached hydrogens (tertiary/aromatic N) is 2. The van der Waals surface area contributed by atoms with Gasteiger partial charge in [0.25, 0.3) is 5.56 Å². The van der Waals surface area contributed by atoms with Gasteiger partial charge in [-0.15, -0.1) is 0 Å². The molecular weight excluding hydrogens is 430 g/mol. The molecule has 1 heterocycles. The number of rotatable bonds is 7. The normalized spacial score (nSPS) is 13.9. The lowest BCUT2D eigenvalue weighted by molar-refractivity contribution is -0.121. The SMILES string of the molecule is O=C(Cn1c(=O)c(CCC(=O)NC2CCCC2)nc2ccccc21)Nc1ccc(F)cc1F. The lowest BCUT2D eigenvalue weighted by Crippen LogP contribution is -2.34. The van der Waals surface area contributed by atoms with Crippen molar-refractivity contribution < 1.29 is 18.4 Å². The van der Waals surface area contributed by atoms with Crippen molar-refractivity contribution in [2.24, 2.45) is 0 Å². The van der Waals surface area contributed by atoms with Crippen molar-refractivity contribution in [2.75, 3.05) is 5.32 Å². The quantitative estimate of drug-likeness (QED) is 0.573. The summed E-state index contributed by atoms with van der Waals surface area (Å²) in [5, 5.41) is 5.35. The Bertz CT molecular complexity index is 1250. The van der Waals surface area contributed by atoms with Gasteiger partial charge in [-0.3, -0.25) is 19.0 Å². The van der Waals surface area contributed by atoms with Crippen LogP contribution in [0.5, 0.6) is 0 Å². The first-order valence-corrected chi connectivity index (χ1v) is 10.9. The molecule has 1 aliphatic carbocycles. The summed E-state index contributed by atoms with van der Waals surface area (Å²) < 4.78 is 28.3. The van der Waals surface area contributed by atoms with Crippen molar-refractivity contribution in [2.45, 2.75) is 51.1 Å². The van der Waals surface area contributed by atoms with Crippen molar-refractivity contribution in [3.63, 3.8) is 0 Å². The number of anilines is 1. The van der Waals surface area contributed by atoms with Crippen LogP contribution >= 0.6 is 0 Å². The van der Waals surface area contributed by atoms with E-state index in [1.807, 2.05) is 0 Å². The number of amides is 2. The fraction of sp³-hybridized carbons (Fsp3) is 0.333. The highest BCUT2D eigenvalue weighted by Crippen LogP contribution is 2.18. The summed E-state index contributed by atoms with van der Waals surface area (Å²) >= 11 is 0. The minimum atomic E-state index is -0.913. The summed E-state index contributed by atoms with van der Waals surface area (Å²) in [6, 6.07) is 9.84. The fourth-order valence-electron chi connectivity index (χ4n) is 4.09. The molecule has 172 valence electrons. The number of aryl methyl sites for hydroxylation is 1. The third-order valence-corrected chi connectivity index (χ3v) is 5.74. The first-order chi connectivity index (χ1) is 15.9. The van der Waals surface area contributed by atoms with Gasteiger partial charge in [0.2, 0.25) is 11.8 Å². The predicted molar refractivity (Wildman–Crippen MR) is 120 cm³/mol. The lowest BCUT2D eigenvalue weighted by Gasteiger charge is -2.14. The Morgan fingerprint density at radius 2 is 1.82 bits per heavy atom. The molecule has 1 saturated carbocycles. The molecule has 1 aliphatic rings. The Morgan fingerprint density at radius 1 is 1.06 bits per heavy atom. The molecule has 4 rings (SSSR count). The molecule has 0 saturated heterocycles. The second-order valence-electron chi connectivity index (χ2n) is 8.16. The summed E-state index contributed by atoms with van der Waals surface area (Å²) in [6.45, 7) is -0.389. The summed E-state index contributed by atoms with van der Waals surface area (Å²) in [5.74, 6) is -2.45. The Morgan fingerprint density at radius 3 is 2.58 bits per heavy atom. The second-order valence-corrected chi connectivity index (χ2v) is 8.16. The van der Waals surface area contributed by atoms with Crippen molar-refractivity contribution >= 4 is 28.5 Å². The first kappa shape index (κ1) is 22.6. The van der Waals surface area contributed by atoms with Gasteiger partial charge in [0, 0.05) is 24.9 Å². The van der Waals surface area contributed by atoms with Crippen LogP contribution in [0.2, 0.25) is 0 Å². The van der Waals surface area contributed by atoms with E-state index in [4.69, 9.17) is 0 Å². The second kappa shape index (κ2) is 9.89. The summed E-state index contributed by atoms with van der Waals surface area (Å²) in [6.07, 6.45) is 4.39. The number of carbonyl (C=O) groups is 2. The Hall–Kier alpha value is -3.62. The van der Waals surface area contributed by atoms with E-state index in [2.05, 4.69) is 15.6 Å². The number of hydrogen-bond donors (Lipinski definition) is 2. The third-order valence-electron chi connectivity index (χ3n) is 5.74. The molecule has 33 heavy (non-hydrogen) atoms. The molecule has 0 unspecified atom stereocenters. The molecule has 0 radical (unpaired) electrons. The molecule has 7 nitrogen and oxygen atoms in total. The molecule has 2 N–H and O–H groups in total. The predicted octanol–water partition coefficient (Wildman–Crippen LogP) is 3.30. The maximum Gasteiger partial charge on any atom is 0.273 e. The van der Waals surface area contributed by atoms with E-state index >= 15 is 0 Å². The lowest BCUT2D eigenvalue weighted by atomic mass is 10.2. The molecule has 1 fully saturated rings. The zero-order chi connectivity index (χ0) is 23.4. The molecule has 2 amide bonds. The van der Waals surface area contributed by atoms with Crippen molar-refractivity contribution in [3.05, 3.63) is 70.1 Å². The van der Waals surface area contributed by atoms with Crippen LogP contribution in [0.4, 0.5) is 14.5 Å². The Balaban J connectivity index is 1.53. The van der Waals surface area contributed by atoms with Gasteiger partial charge in [0.15, 0.2) is 0 Å². The van der Waals surface area contributed by atoms with Crippen molar-refractivity contribution in [1.82, 2.24) is 14.9 Å². The average Bonchev–Trinajstić information content (AvgIpc) is 3.29. The van der Waals surface area contributed by atoms with Crippen LogP contribution in [0.25, 0.3) is 11.0 Å². The van der Waals surface area contributed by atoms with E-state index in [0.29, 0.717) is 17.1 Å². The number of halogens is 2. The third kappa shape index (κ3) is 5.42. The highest BCUT2D eigenvalue weighted by atomic mass is 19.1. The van der Waals surface area contributed by atoms with Gasteiger partial charge < -0.3 is 10.6 Å². The number of aromatic nitrogens is 2. The van der Waals surface area contributed by atoms with Gasteiger partial charge >= 0.3 is 0 Å². The highest BCUT2D eigenvalue weighted by Gasteiger charge is 2.19. The van der Waals surface area contributed by atoms with Crippen molar-refractivity contribution in [1.29, 1.82) is 0 Å². The molecule has 0 spiro atoms. The summed E-state index contributed by atoms with van der Waals surface area (Å²) in [5.41, 5.74) is 0.449. The van der Waals surface area contributed by atoms with E-state index in [0.717, 1.165) is 37.8 Å². The van der Waals surface area contributed by atoms with Crippen LogP contribution in [0.3, 0.4) is 0 Å². The van der Waals surface area contributed by atoms with E-state index in [-0.39, 0.29) is 42.7 Å². The fourth-order valence-corrected chi connectivity index (χ4v) is 4.09. The van der Waals surface area contributed by atoms with Crippen LogP contribution in [0, 0.1) is 11.6 Å². The van der Waals surface area contributed by atoms with Crippen LogP contribution < -0.4 is 16.2 Å². The molecule has 1 aromatic heterocycles. The van der Waals surface area contributed by atoms with Gasteiger partial charge in [0.05, 0.1) is 16.7 Å². The van der Waals surface area contributed by atoms with E-state index in [1.165, 1.54) is 4.57 Å². The summed E-state index contributed by atoms with van der Waals surface area (Å²) in [7, 11) is 0. The number of benzene rings is 2. The standard InChI is InChI=1S/C24H24F2N4O3/c25-15-9-10-18(17(26)13-15)29-23(32)14-30-21-8-4-3-7-19(21)28-20(24(30)33)11-12-22(31)27-16-5-1-2-6-16/h3-4,7-10,13,16H,1-2,5-6,11-12,14H2,(H,27,31)(H,29,32). The van der Waals surface area contributed by atoms with Crippen LogP contribution in [-0.4, -0.2) is 27.4 Å². The molecule has 0 atom stereocenters. The van der Waals surface area contributed by atoms with Crippen LogP contribution in [0.1, 0.15) is 37.8 Å². The number of hydrogen-bond acceptors (Lipinski definition) is 4. The zero-order valence-corrected chi connectivity index (χ0v) is 17.9. The van der Waals surface area contributed by atoms with Crippen LogP contribution in [-0.2, 0) is 22.6 Å². The topological polar surface area (TPSA) is 93.1 Å². The van der Waals surface area contributed by atoms with Gasteiger partial charge in [-0.2, -0.15) is 0 Å². The molecule has 0 bridgehead atoms. The van der Waals surface area contributed by atoms with E-state index in [1.54, 1.807) is 24.3 Å². The first-order valence-electron chi connectivity index (χ1n) is 10.9. The minimum absolute atomic E-state index is 0.115. The van der Waals surface area contributed by atoms with E-state index < -0.39 is 23.1 Å². The molecule has 0 aliphatic heterocycles. The number of fused-ring (bicyclic) bond motifs is 1. The number of carbonyl (C=O) groups excluding carboxylic acids is 2. The molecule has 2 aromatic carbocycles. The number of nitrogens with one attached hydrogen (secondary N) is 2. The largest absolute Gasteiger partial charge is 0.353 e. The monoisotopic (exact) mass is 454 g/mol. The Labute approximate surface area is 188 Å². The maximum absolute atomic E-state index is 13.9. The average molecular weight is 454 g/mol. The molecule has 3 aromatic rings.